The normalized spacial score (nSPS) is 12.1. The van der Waals surface area contributed by atoms with E-state index in [1.54, 1.807) is 7.11 Å². The van der Waals surface area contributed by atoms with Gasteiger partial charge in [0.2, 0.25) is 0 Å². The third-order valence-electron chi connectivity index (χ3n) is 2.50. The van der Waals surface area contributed by atoms with E-state index < -0.39 is 0 Å². The van der Waals surface area contributed by atoms with E-state index in [0.717, 1.165) is 18.6 Å². The molecule has 0 amide bonds. The van der Waals surface area contributed by atoms with Crippen molar-refractivity contribution in [2.75, 3.05) is 13.0 Å². The summed E-state index contributed by atoms with van der Waals surface area (Å²) in [6.45, 7) is 3.77. The lowest BCUT2D eigenvalue weighted by atomic mass is 9.93. The molecule has 0 aromatic heterocycles. The lowest BCUT2D eigenvalue weighted by Crippen LogP contribution is -1.98. The molecular formula is C13H17ClO. The highest BCUT2D eigenvalue weighted by atomic mass is 35.5. The summed E-state index contributed by atoms with van der Waals surface area (Å²) in [5, 5.41) is 0. The molecule has 1 rings (SSSR count). The van der Waals surface area contributed by atoms with E-state index >= 15 is 0 Å². The van der Waals surface area contributed by atoms with E-state index in [9.17, 15) is 0 Å². The topological polar surface area (TPSA) is 9.23 Å². The lowest BCUT2D eigenvalue weighted by Gasteiger charge is -2.14. The van der Waals surface area contributed by atoms with Crippen LogP contribution in [0.2, 0.25) is 0 Å². The molecule has 0 aliphatic rings. The third kappa shape index (κ3) is 3.60. The number of alkyl halides is 1. The average molecular weight is 225 g/mol. The molecule has 0 bridgehead atoms. The molecule has 0 aliphatic heterocycles. The van der Waals surface area contributed by atoms with Crippen molar-refractivity contribution in [3.63, 3.8) is 0 Å². The molecule has 0 saturated heterocycles. The third-order valence-corrected chi connectivity index (χ3v) is 2.71. The summed E-state index contributed by atoms with van der Waals surface area (Å²) in [4.78, 5) is 0. The fraction of sp³-hybridized carbons (Fsp3) is 0.385. The summed E-state index contributed by atoms with van der Waals surface area (Å²) in [7, 11) is 1.68. The highest BCUT2D eigenvalue weighted by molar-refractivity contribution is 6.17. The van der Waals surface area contributed by atoms with Gasteiger partial charge >= 0.3 is 0 Å². The van der Waals surface area contributed by atoms with Crippen LogP contribution in [0.4, 0.5) is 0 Å². The maximum absolute atomic E-state index is 5.78. The van der Waals surface area contributed by atoms with Crippen LogP contribution in [-0.4, -0.2) is 13.0 Å². The molecule has 0 aliphatic carbocycles. The molecule has 0 fully saturated rings. The molecule has 0 saturated carbocycles. The van der Waals surface area contributed by atoms with Gasteiger partial charge in [-0.15, -0.1) is 18.2 Å². The average Bonchev–Trinajstić information content (AvgIpc) is 2.29. The minimum Gasteiger partial charge on any atom is -0.497 e. The van der Waals surface area contributed by atoms with Crippen LogP contribution in [0, 0.1) is 0 Å². The summed E-state index contributed by atoms with van der Waals surface area (Å²) in [6.07, 6.45) is 3.90. The zero-order chi connectivity index (χ0) is 11.1. The van der Waals surface area contributed by atoms with Gasteiger partial charge < -0.3 is 4.74 Å². The van der Waals surface area contributed by atoms with Crippen LogP contribution >= 0.6 is 11.6 Å². The monoisotopic (exact) mass is 224 g/mol. The predicted molar refractivity (Wildman–Crippen MR) is 65.9 cm³/mol. The summed E-state index contributed by atoms with van der Waals surface area (Å²) in [5.74, 6) is 2.05. The maximum Gasteiger partial charge on any atom is 0.118 e. The highest BCUT2D eigenvalue weighted by Gasteiger charge is 2.08. The summed E-state index contributed by atoms with van der Waals surface area (Å²) >= 11 is 5.78. The van der Waals surface area contributed by atoms with Crippen LogP contribution in [0.15, 0.2) is 36.9 Å². The van der Waals surface area contributed by atoms with E-state index in [0.29, 0.717) is 11.8 Å². The number of allylic oxidation sites excluding steroid dienone is 1. The van der Waals surface area contributed by atoms with Crippen LogP contribution in [0.5, 0.6) is 5.75 Å². The maximum atomic E-state index is 5.78. The largest absolute Gasteiger partial charge is 0.497 e. The molecule has 82 valence electrons. The Labute approximate surface area is 96.7 Å². The molecule has 15 heavy (non-hydrogen) atoms. The highest BCUT2D eigenvalue weighted by Crippen LogP contribution is 2.26. The Hall–Kier alpha value is -0.950. The molecular weight excluding hydrogens is 208 g/mol. The Morgan fingerprint density at radius 3 is 2.53 bits per heavy atom. The van der Waals surface area contributed by atoms with E-state index in [1.165, 1.54) is 5.56 Å². The number of ether oxygens (including phenoxy) is 1. The van der Waals surface area contributed by atoms with Gasteiger partial charge in [0.25, 0.3) is 0 Å². The molecule has 0 spiro atoms. The van der Waals surface area contributed by atoms with Crippen molar-refractivity contribution in [1.82, 2.24) is 0 Å². The van der Waals surface area contributed by atoms with Gasteiger partial charge in [-0.3, -0.25) is 0 Å². The molecule has 1 aromatic carbocycles. The number of methoxy groups -OCH3 is 1. The molecule has 1 unspecified atom stereocenters. The summed E-state index contributed by atoms with van der Waals surface area (Å²) in [6, 6.07) is 8.17. The van der Waals surface area contributed by atoms with E-state index in [1.807, 2.05) is 18.2 Å². The van der Waals surface area contributed by atoms with Crippen LogP contribution in [0.1, 0.15) is 24.3 Å². The Kier molecular flexibility index (Phi) is 5.27. The molecule has 0 heterocycles. The molecule has 0 N–H and O–H groups in total. The van der Waals surface area contributed by atoms with Crippen molar-refractivity contribution < 1.29 is 4.74 Å². The fourth-order valence-corrected chi connectivity index (χ4v) is 1.89. The van der Waals surface area contributed by atoms with Crippen molar-refractivity contribution in [2.45, 2.75) is 18.8 Å². The Balaban J connectivity index is 2.76. The van der Waals surface area contributed by atoms with Gasteiger partial charge in [-0.05, 0) is 36.5 Å². The lowest BCUT2D eigenvalue weighted by molar-refractivity contribution is 0.414. The zero-order valence-electron chi connectivity index (χ0n) is 9.08. The van der Waals surface area contributed by atoms with Crippen LogP contribution in [-0.2, 0) is 0 Å². The van der Waals surface area contributed by atoms with Gasteiger partial charge in [-0.25, -0.2) is 0 Å². The van der Waals surface area contributed by atoms with Crippen molar-refractivity contribution in [3.05, 3.63) is 42.5 Å². The number of rotatable bonds is 6. The predicted octanol–water partition coefficient (Wildman–Crippen LogP) is 3.98. The molecule has 1 atom stereocenters. The number of halogens is 1. The van der Waals surface area contributed by atoms with Gasteiger partial charge in [0, 0.05) is 5.88 Å². The fourth-order valence-electron chi connectivity index (χ4n) is 1.63. The van der Waals surface area contributed by atoms with E-state index in [4.69, 9.17) is 16.3 Å². The molecule has 0 radical (unpaired) electrons. The Morgan fingerprint density at radius 2 is 2.07 bits per heavy atom. The first kappa shape index (κ1) is 12.1. The van der Waals surface area contributed by atoms with E-state index in [-0.39, 0.29) is 0 Å². The van der Waals surface area contributed by atoms with Crippen LogP contribution in [0.3, 0.4) is 0 Å². The first-order chi connectivity index (χ1) is 7.31. The standard InChI is InChI=1S/C13H17ClO/c1-3-4-11(9-10-14)12-5-7-13(15-2)8-6-12/h3,5-8,11H,1,4,9-10H2,2H3. The van der Waals surface area contributed by atoms with Crippen molar-refractivity contribution in [2.24, 2.45) is 0 Å². The quantitative estimate of drug-likeness (QED) is 0.525. The molecule has 2 heteroatoms. The van der Waals surface area contributed by atoms with Crippen molar-refractivity contribution in [1.29, 1.82) is 0 Å². The SMILES string of the molecule is C=CCC(CCCl)c1ccc(OC)cc1. The second-order valence-electron chi connectivity index (χ2n) is 3.47. The molecule has 1 aromatic rings. The number of benzene rings is 1. The summed E-state index contributed by atoms with van der Waals surface area (Å²) in [5.41, 5.74) is 1.30. The van der Waals surface area contributed by atoms with Gasteiger partial charge in [-0.2, -0.15) is 0 Å². The van der Waals surface area contributed by atoms with Gasteiger partial charge in [-0.1, -0.05) is 18.2 Å². The minimum absolute atomic E-state index is 0.478. The molecule has 1 nitrogen and oxygen atoms in total. The number of hydrogen-bond donors (Lipinski definition) is 0. The second kappa shape index (κ2) is 6.52. The second-order valence-corrected chi connectivity index (χ2v) is 3.85. The first-order valence-electron chi connectivity index (χ1n) is 5.12. The number of hydrogen-bond acceptors (Lipinski definition) is 1. The first-order valence-corrected chi connectivity index (χ1v) is 5.66. The van der Waals surface area contributed by atoms with Gasteiger partial charge in [0.1, 0.15) is 5.75 Å². The Bertz CT molecular complexity index is 292. The Morgan fingerprint density at radius 1 is 1.40 bits per heavy atom. The zero-order valence-corrected chi connectivity index (χ0v) is 9.83. The minimum atomic E-state index is 0.478. The van der Waals surface area contributed by atoms with Gasteiger partial charge in [0.15, 0.2) is 0 Å². The summed E-state index contributed by atoms with van der Waals surface area (Å²) < 4.78 is 5.12. The van der Waals surface area contributed by atoms with Gasteiger partial charge in [0.05, 0.1) is 7.11 Å². The van der Waals surface area contributed by atoms with Crippen LogP contribution in [0.25, 0.3) is 0 Å². The smallest absolute Gasteiger partial charge is 0.118 e. The van der Waals surface area contributed by atoms with Crippen LogP contribution < -0.4 is 4.74 Å². The van der Waals surface area contributed by atoms with Crippen molar-refractivity contribution >= 4 is 11.6 Å². The van der Waals surface area contributed by atoms with E-state index in [2.05, 4.69) is 18.7 Å². The van der Waals surface area contributed by atoms with Crippen molar-refractivity contribution in [3.8, 4) is 5.75 Å².